The van der Waals surface area contributed by atoms with Gasteiger partial charge in [-0.05, 0) is 27.7 Å². The molecule has 30 heteroatoms. The van der Waals surface area contributed by atoms with Crippen molar-refractivity contribution in [1.82, 2.24) is 0 Å². The van der Waals surface area contributed by atoms with Crippen LogP contribution in [0, 0.1) is 26.7 Å². The summed E-state index contributed by atoms with van der Waals surface area (Å²) in [6.45, 7) is 10.3. The van der Waals surface area contributed by atoms with Gasteiger partial charge in [-0.15, -0.1) is 0 Å². The molecule has 0 saturated carbocycles. The Morgan fingerprint density at radius 1 is 0.609 bits per heavy atom. The average molecular weight is 1980 g/mol. The van der Waals surface area contributed by atoms with Gasteiger partial charge in [0, 0.05) is 22.3 Å². The summed E-state index contributed by atoms with van der Waals surface area (Å²) in [7, 11) is 0. The van der Waals surface area contributed by atoms with Crippen LogP contribution in [-0.4, -0.2) is 139 Å². The molecule has 64 heavy (non-hydrogen) atoms. The van der Waals surface area contributed by atoms with Crippen LogP contribution in [0.1, 0.15) is 27.7 Å². The van der Waals surface area contributed by atoms with Gasteiger partial charge in [0.25, 0.3) is 0 Å². The predicted octanol–water partition coefficient (Wildman–Crippen LogP) is 4.94. The molecule has 1 rings (SSSR count). The number of rotatable bonds is 20. The summed E-state index contributed by atoms with van der Waals surface area (Å²) in [6, 6.07) is 0. The summed E-state index contributed by atoms with van der Waals surface area (Å²) in [5.74, 6) is -17.6. The van der Waals surface area contributed by atoms with Crippen LogP contribution in [0.25, 0.3) is 0 Å². The van der Waals surface area contributed by atoms with Crippen LogP contribution < -0.4 is 0 Å². The van der Waals surface area contributed by atoms with Crippen molar-refractivity contribution in [3.05, 3.63) is 75.3 Å². The van der Waals surface area contributed by atoms with Gasteiger partial charge in [-0.3, -0.25) is 0 Å². The number of carbonyl (C=O) groups is 4. The molecule has 14 nitrogen and oxygen atoms in total. The molecule has 0 aromatic heterocycles. The average Bonchev–Trinajstić information content (AvgIpc) is 4.00. The van der Waals surface area contributed by atoms with Crippen LogP contribution in [-0.2, 0) is 42.9 Å². The molecule has 0 aromatic rings. The van der Waals surface area contributed by atoms with Crippen molar-refractivity contribution < 1.29 is 121 Å². The minimum atomic E-state index is -3.72. The first-order chi connectivity index (χ1) is 26.8. The van der Waals surface area contributed by atoms with E-state index in [0.717, 1.165) is 0 Å². The van der Waals surface area contributed by atoms with E-state index in [2.05, 4.69) is 40.5 Å². The summed E-state index contributed by atoms with van der Waals surface area (Å²) in [6.07, 6.45) is -1.11. The van der Waals surface area contributed by atoms with Crippen molar-refractivity contribution in [1.29, 1.82) is 0 Å². The molecule has 0 bridgehead atoms. The number of aliphatic hydroxyl groups excluding tert-OH is 3. The molecule has 2 atom stereocenters. The largest absolute Gasteiger partial charge is 0.478 e. The summed E-state index contributed by atoms with van der Waals surface area (Å²) >= 11 is 0. The van der Waals surface area contributed by atoms with Crippen LogP contribution in [0.2, 0.25) is 0 Å². The van der Waals surface area contributed by atoms with Crippen molar-refractivity contribution in [3.8, 4) is 0 Å². The maximum Gasteiger partial charge on any atom is 0.333 e. The van der Waals surface area contributed by atoms with Crippen molar-refractivity contribution in [2.75, 3.05) is 52.9 Å². The molecular formula is C34H48F12O14Rf4-4. The van der Waals surface area contributed by atoms with E-state index in [1.165, 1.54) is 20.8 Å². The second kappa shape index (κ2) is 40.2. The third kappa shape index (κ3) is 55.9. The fraction of sp³-hybridized carbons (Fsp3) is 0.529. The monoisotopic (exact) mass is 1980 g/mol. The number of esters is 3. The van der Waals surface area contributed by atoms with Gasteiger partial charge in [0.05, 0.1) is 33.0 Å². The van der Waals surface area contributed by atoms with Crippen LogP contribution in [0.4, 0.5) is 52.7 Å². The number of hydrogen-bond donors (Lipinski definition) is 4. The maximum absolute atomic E-state index is 12.3. The minimum absolute atomic E-state index is 0. The predicted molar refractivity (Wildman–Crippen MR) is 186 cm³/mol. The van der Waals surface area contributed by atoms with E-state index in [9.17, 15) is 71.9 Å². The molecule has 6 N–H and O–H groups in total. The number of hydrogen-bond acceptors (Lipinski definition) is 12. The van der Waals surface area contributed by atoms with Crippen molar-refractivity contribution in [3.63, 3.8) is 0 Å². The number of carboxylic acid groups (broad SMARTS) is 1. The minimum Gasteiger partial charge on any atom is -0.478 e. The van der Waals surface area contributed by atoms with Gasteiger partial charge in [0.15, 0.2) is 23.7 Å². The number of halogens is 12. The Morgan fingerprint density at radius 2 is 0.906 bits per heavy atom. The van der Waals surface area contributed by atoms with Gasteiger partial charge < -0.3 is 67.1 Å². The Hall–Kier alpha value is -8.24. The van der Waals surface area contributed by atoms with Gasteiger partial charge in [-0.2, -0.15) is 0 Å². The Balaban J connectivity index is -0.0000000698. The Bertz CT molecular complexity index is 1260. The van der Waals surface area contributed by atoms with E-state index in [-0.39, 0.29) is 34.3 Å². The summed E-state index contributed by atoms with van der Waals surface area (Å²) < 4.78 is 160. The summed E-state index contributed by atoms with van der Waals surface area (Å²) in [5.41, 5.74) is 0.747. The molecule has 2 unspecified atom stereocenters. The number of aliphatic hydroxyl groups is 3. The van der Waals surface area contributed by atoms with Gasteiger partial charge in [-0.25, -0.2) is 54.3 Å². The van der Waals surface area contributed by atoms with Crippen LogP contribution >= 0.6 is 0 Å². The first kappa shape index (κ1) is 79.9. The third-order valence-corrected chi connectivity index (χ3v) is 4.68. The second-order valence-electron chi connectivity index (χ2n) is 11.1. The normalized spacial score (nSPS) is 12.3. The molecule has 0 aliphatic carbocycles. The van der Waals surface area contributed by atoms with Crippen molar-refractivity contribution in [2.24, 2.45) is 0 Å². The van der Waals surface area contributed by atoms with E-state index in [1.807, 2.05) is 0 Å². The maximum atomic E-state index is 12.3. The molecule has 1 fully saturated rings. The molecule has 1 aliphatic heterocycles. The van der Waals surface area contributed by atoms with Crippen molar-refractivity contribution >= 4 is 23.9 Å². The number of epoxide rings is 1. The molecule has 0 amide bonds. The van der Waals surface area contributed by atoms with E-state index in [4.69, 9.17) is 29.9 Å². The number of ether oxygens (including phenoxy) is 5. The fourth-order valence-electron chi connectivity index (χ4n) is 1.55. The standard InChI is InChI=1S/C10H14F3O4.C7H8F3O2.C7H10O3.C4H6O2.2C3H4F3O.H2O.4Rf/c1-7(2)9(15)17-4-8(14)3-16-6-10(12,13)5-11;1-5(2)6(11)12-4-7(9,10)3-8;1-5(2)7(8)10-4-6-3-9-6;1-3(2)4(5)6;2*4-1-3(5,6)2-7;;;;;/h5,8,14H,1,3-4,6H2,2H3;3H,1,4H2,2H3;6H,1,3-4H2,2H3;1H2,2H3,(H,5,6);2*1,7H,2H2;1H2;;;;/q2*-1;;;2*-1;;;;;. The molecule has 1 heterocycles. The Morgan fingerprint density at radius 3 is 1.16 bits per heavy atom. The second-order valence-corrected chi connectivity index (χ2v) is 11.1. The van der Waals surface area contributed by atoms with E-state index in [1.54, 1.807) is 6.92 Å². The Kier molecular flexibility index (Phi) is 50.1. The number of carboxylic acids is 1. The van der Waals surface area contributed by atoms with Crippen molar-refractivity contribution in [2.45, 2.75) is 63.6 Å². The SMILES string of the molecule is C=C(C)C(=O)O.C=C(C)C(=O)OCC(F)(F)[CH-]F.C=C(C)C(=O)OCC(O)COCC(F)(F)[CH-]F.C=C(C)C(=O)OCC1CO1.O.OCC(F)(F)[CH-]F.OCC(F)(F)[CH-]F.[Rf].[Rf].[Rf].[Rf]. The number of carbonyl (C=O) groups excluding carboxylic acids is 3. The molecule has 0 aromatic carbocycles. The summed E-state index contributed by atoms with van der Waals surface area (Å²) in [4.78, 5) is 41.7. The van der Waals surface area contributed by atoms with Gasteiger partial charge in [-0.1, -0.05) is 53.0 Å². The molecule has 1 aliphatic rings. The number of alkyl halides is 8. The molecule has 1 saturated heterocycles. The Labute approximate surface area is 337 Å². The van der Waals surface area contributed by atoms with Crippen LogP contribution in [0.5, 0.6) is 0 Å². The fourth-order valence-corrected chi connectivity index (χ4v) is 1.55. The smallest absolute Gasteiger partial charge is 0.333 e. The quantitative estimate of drug-likeness (QED) is 0.0317. The summed E-state index contributed by atoms with van der Waals surface area (Å²) in [5, 5.41) is 32.2. The number of aliphatic carboxylic acids is 1. The van der Waals surface area contributed by atoms with E-state index >= 15 is 0 Å². The van der Waals surface area contributed by atoms with Gasteiger partial charge in [0.2, 0.25) is 0 Å². The van der Waals surface area contributed by atoms with E-state index < -0.39 is 114 Å². The zero-order chi connectivity index (χ0) is 47.8. The third-order valence-electron chi connectivity index (χ3n) is 4.68. The topological polar surface area (TPSA) is 230 Å². The zero-order valence-electron chi connectivity index (χ0n) is 35.3. The van der Waals surface area contributed by atoms with Gasteiger partial charge in [0.1, 0.15) is 32.0 Å². The van der Waals surface area contributed by atoms with Crippen LogP contribution in [0.15, 0.2) is 48.6 Å². The molecule has 0 radical (unpaired) electrons. The first-order valence-corrected chi connectivity index (χ1v) is 15.5. The molecular weight excluding hydrogens is 1930 g/mol. The van der Waals surface area contributed by atoms with Gasteiger partial charge >= 0.3 is 23.9 Å². The molecule has 0 spiro atoms. The van der Waals surface area contributed by atoms with Crippen LogP contribution in [0.3, 0.4) is 0 Å². The zero-order valence-corrected chi connectivity index (χ0v) is 60.9. The van der Waals surface area contributed by atoms with E-state index in [0.29, 0.717) is 18.8 Å². The molecule has 364 valence electrons. The first-order valence-electron chi connectivity index (χ1n) is 15.5.